The number of hydrogen-bond donors (Lipinski definition) is 1. The van der Waals surface area contributed by atoms with Gasteiger partial charge in [-0.2, -0.15) is 0 Å². The number of benzene rings is 1. The van der Waals surface area contributed by atoms with Gasteiger partial charge in [0.25, 0.3) is 5.69 Å². The Labute approximate surface area is 135 Å². The van der Waals surface area contributed by atoms with E-state index in [1.165, 1.54) is 0 Å². The summed E-state index contributed by atoms with van der Waals surface area (Å²) >= 11 is 0. The fourth-order valence-electron chi connectivity index (χ4n) is 2.57. The SMILES string of the molecule is Cc1ccc(C2CNCCN2C(=O)OC(C)(C)C)cc1[N+](=O)[O-]. The fraction of sp³-hybridized carbons (Fsp3) is 0.562. The molecular weight excluding hydrogens is 298 g/mol. The molecule has 126 valence electrons. The predicted molar refractivity (Wildman–Crippen MR) is 86.4 cm³/mol. The highest BCUT2D eigenvalue weighted by atomic mass is 16.6. The van der Waals surface area contributed by atoms with Crippen LogP contribution in [0.4, 0.5) is 10.5 Å². The predicted octanol–water partition coefficient (Wildman–Crippen LogP) is 2.78. The van der Waals surface area contributed by atoms with Gasteiger partial charge in [0.1, 0.15) is 5.60 Å². The van der Waals surface area contributed by atoms with Crippen LogP contribution in [0, 0.1) is 17.0 Å². The number of piperazine rings is 1. The van der Waals surface area contributed by atoms with Gasteiger partial charge in [0.15, 0.2) is 0 Å². The summed E-state index contributed by atoms with van der Waals surface area (Å²) in [6, 6.07) is 4.81. The molecule has 1 aromatic carbocycles. The number of nitrogens with zero attached hydrogens (tertiary/aromatic N) is 2. The van der Waals surface area contributed by atoms with Crippen LogP contribution < -0.4 is 5.32 Å². The van der Waals surface area contributed by atoms with Gasteiger partial charge in [-0.25, -0.2) is 4.79 Å². The van der Waals surface area contributed by atoms with Crippen LogP contribution >= 0.6 is 0 Å². The molecule has 1 atom stereocenters. The first-order valence-corrected chi connectivity index (χ1v) is 7.64. The van der Waals surface area contributed by atoms with E-state index in [1.807, 2.05) is 26.8 Å². The Kier molecular flexibility index (Phi) is 4.89. The minimum Gasteiger partial charge on any atom is -0.444 e. The second-order valence-electron chi connectivity index (χ2n) is 6.70. The molecule has 0 bridgehead atoms. The van der Waals surface area contributed by atoms with E-state index in [0.717, 1.165) is 5.56 Å². The highest BCUT2D eigenvalue weighted by Gasteiger charge is 2.32. The number of aryl methyl sites for hydroxylation is 1. The summed E-state index contributed by atoms with van der Waals surface area (Å²) in [6.45, 7) is 8.87. The molecule has 0 aliphatic carbocycles. The topological polar surface area (TPSA) is 84.7 Å². The van der Waals surface area contributed by atoms with Crippen molar-refractivity contribution in [3.05, 3.63) is 39.4 Å². The zero-order valence-corrected chi connectivity index (χ0v) is 14.0. The normalized spacial score (nSPS) is 18.6. The van der Waals surface area contributed by atoms with Gasteiger partial charge in [0.2, 0.25) is 0 Å². The van der Waals surface area contributed by atoms with Crippen LogP contribution in [-0.2, 0) is 4.74 Å². The third-order valence-electron chi connectivity index (χ3n) is 3.69. The Balaban J connectivity index is 2.30. The Morgan fingerprint density at radius 2 is 2.13 bits per heavy atom. The molecule has 7 nitrogen and oxygen atoms in total. The third kappa shape index (κ3) is 4.19. The standard InChI is InChI=1S/C16H23N3O4/c1-11-5-6-12(9-13(11)19(21)22)14-10-17-7-8-18(14)15(20)23-16(2,3)4/h5-6,9,14,17H,7-8,10H2,1-4H3. The molecule has 1 aliphatic heterocycles. The quantitative estimate of drug-likeness (QED) is 0.669. The van der Waals surface area contributed by atoms with Crippen molar-refractivity contribution in [3.8, 4) is 0 Å². The van der Waals surface area contributed by atoms with Crippen LogP contribution in [-0.4, -0.2) is 41.2 Å². The van der Waals surface area contributed by atoms with E-state index in [4.69, 9.17) is 4.74 Å². The van der Waals surface area contributed by atoms with Gasteiger partial charge in [-0.05, 0) is 33.3 Å². The maximum Gasteiger partial charge on any atom is 0.410 e. The summed E-state index contributed by atoms with van der Waals surface area (Å²) in [7, 11) is 0. The van der Waals surface area contributed by atoms with Crippen molar-refractivity contribution in [1.29, 1.82) is 0 Å². The van der Waals surface area contributed by atoms with Gasteiger partial charge >= 0.3 is 6.09 Å². The van der Waals surface area contributed by atoms with Gasteiger partial charge in [-0.3, -0.25) is 15.0 Å². The number of nitro benzene ring substituents is 1. The fourth-order valence-corrected chi connectivity index (χ4v) is 2.57. The van der Waals surface area contributed by atoms with E-state index in [9.17, 15) is 14.9 Å². The second-order valence-corrected chi connectivity index (χ2v) is 6.70. The van der Waals surface area contributed by atoms with Crippen molar-refractivity contribution in [2.45, 2.75) is 39.3 Å². The van der Waals surface area contributed by atoms with E-state index in [2.05, 4.69) is 5.32 Å². The van der Waals surface area contributed by atoms with E-state index in [0.29, 0.717) is 25.2 Å². The molecule has 0 spiro atoms. The maximum atomic E-state index is 12.4. The minimum atomic E-state index is -0.578. The van der Waals surface area contributed by atoms with Crippen LogP contribution in [0.3, 0.4) is 0 Å². The van der Waals surface area contributed by atoms with E-state index in [1.54, 1.807) is 24.0 Å². The molecular formula is C16H23N3O4. The average molecular weight is 321 g/mol. The van der Waals surface area contributed by atoms with Crippen molar-refractivity contribution in [2.24, 2.45) is 0 Å². The second kappa shape index (κ2) is 6.54. The molecule has 23 heavy (non-hydrogen) atoms. The first-order valence-electron chi connectivity index (χ1n) is 7.64. The summed E-state index contributed by atoms with van der Waals surface area (Å²) in [6.07, 6.45) is -0.396. The summed E-state index contributed by atoms with van der Waals surface area (Å²) in [5.74, 6) is 0. The number of nitrogens with one attached hydrogen (secondary N) is 1. The highest BCUT2D eigenvalue weighted by Crippen LogP contribution is 2.28. The van der Waals surface area contributed by atoms with Crippen molar-refractivity contribution in [3.63, 3.8) is 0 Å². The molecule has 1 heterocycles. The smallest absolute Gasteiger partial charge is 0.410 e. The van der Waals surface area contributed by atoms with Crippen LogP contribution in [0.2, 0.25) is 0 Å². The largest absolute Gasteiger partial charge is 0.444 e. The maximum absolute atomic E-state index is 12.4. The molecule has 0 saturated carbocycles. The summed E-state index contributed by atoms with van der Waals surface area (Å²) in [4.78, 5) is 24.8. The van der Waals surface area contributed by atoms with Crippen LogP contribution in [0.25, 0.3) is 0 Å². The Bertz CT molecular complexity index is 610. The number of rotatable bonds is 2. The number of amides is 1. The van der Waals surface area contributed by atoms with Gasteiger partial charge in [0, 0.05) is 31.3 Å². The lowest BCUT2D eigenvalue weighted by molar-refractivity contribution is -0.385. The molecule has 1 fully saturated rings. The molecule has 1 aliphatic rings. The first-order chi connectivity index (χ1) is 10.7. The first kappa shape index (κ1) is 17.2. The molecule has 1 N–H and O–H groups in total. The van der Waals surface area contributed by atoms with Crippen molar-refractivity contribution in [1.82, 2.24) is 10.2 Å². The van der Waals surface area contributed by atoms with Crippen molar-refractivity contribution < 1.29 is 14.5 Å². The summed E-state index contributed by atoms with van der Waals surface area (Å²) in [5, 5.41) is 14.4. The summed E-state index contributed by atoms with van der Waals surface area (Å²) < 4.78 is 5.46. The molecule has 0 aromatic heterocycles. The molecule has 1 unspecified atom stereocenters. The zero-order valence-electron chi connectivity index (χ0n) is 14.0. The average Bonchev–Trinajstić information content (AvgIpc) is 2.45. The molecule has 7 heteroatoms. The van der Waals surface area contributed by atoms with Gasteiger partial charge < -0.3 is 10.1 Å². The number of nitro groups is 1. The summed E-state index contributed by atoms with van der Waals surface area (Å²) in [5.41, 5.74) is 0.829. The van der Waals surface area contributed by atoms with Gasteiger partial charge in [-0.1, -0.05) is 12.1 Å². The van der Waals surface area contributed by atoms with E-state index < -0.39 is 16.6 Å². The molecule has 2 rings (SSSR count). The van der Waals surface area contributed by atoms with E-state index in [-0.39, 0.29) is 11.7 Å². The highest BCUT2D eigenvalue weighted by molar-refractivity contribution is 5.69. The molecule has 1 aromatic rings. The number of carbonyl (C=O) groups excluding carboxylic acids is 1. The zero-order chi connectivity index (χ0) is 17.2. The lowest BCUT2D eigenvalue weighted by Crippen LogP contribution is -2.50. The molecule has 1 saturated heterocycles. The van der Waals surface area contributed by atoms with E-state index >= 15 is 0 Å². The number of hydrogen-bond acceptors (Lipinski definition) is 5. The lowest BCUT2D eigenvalue weighted by atomic mass is 10.0. The molecule has 1 amide bonds. The Morgan fingerprint density at radius 1 is 1.43 bits per heavy atom. The van der Waals surface area contributed by atoms with Gasteiger partial charge in [0.05, 0.1) is 11.0 Å². The van der Waals surface area contributed by atoms with Crippen LogP contribution in [0.1, 0.15) is 37.9 Å². The lowest BCUT2D eigenvalue weighted by Gasteiger charge is -2.37. The van der Waals surface area contributed by atoms with Crippen molar-refractivity contribution in [2.75, 3.05) is 19.6 Å². The third-order valence-corrected chi connectivity index (χ3v) is 3.69. The van der Waals surface area contributed by atoms with Gasteiger partial charge in [-0.15, -0.1) is 0 Å². The minimum absolute atomic E-state index is 0.0669. The Morgan fingerprint density at radius 3 is 2.74 bits per heavy atom. The number of carbonyl (C=O) groups is 1. The number of ether oxygens (including phenoxy) is 1. The molecule has 0 radical (unpaired) electrons. The van der Waals surface area contributed by atoms with Crippen LogP contribution in [0.15, 0.2) is 18.2 Å². The van der Waals surface area contributed by atoms with Crippen LogP contribution in [0.5, 0.6) is 0 Å². The Hall–Kier alpha value is -2.15. The monoisotopic (exact) mass is 321 g/mol. The van der Waals surface area contributed by atoms with Crippen molar-refractivity contribution >= 4 is 11.8 Å².